The standard InChI is InChI=1S/C19H14FN3OS3/c20-13-5-3-12(4-6-13)17(15-2-1-8-25-15)23-16(24)10-27-19-14-7-9-26-18(14)21-11-22-19/h1-9,11,17H,10H2,(H,23,24)/t17-/m1/s1. The number of amides is 1. The lowest BCUT2D eigenvalue weighted by molar-refractivity contribution is -0.119. The SMILES string of the molecule is O=C(CSc1ncnc2sccc12)N[C@H](c1ccc(F)cc1)c1cccs1. The average molecular weight is 416 g/mol. The highest BCUT2D eigenvalue weighted by molar-refractivity contribution is 8.00. The summed E-state index contributed by atoms with van der Waals surface area (Å²) in [5.41, 5.74) is 0.847. The van der Waals surface area contributed by atoms with Crippen molar-refractivity contribution in [3.8, 4) is 0 Å². The molecule has 4 nitrogen and oxygen atoms in total. The molecule has 0 aliphatic rings. The third kappa shape index (κ3) is 4.18. The maximum atomic E-state index is 13.3. The van der Waals surface area contributed by atoms with Gasteiger partial charge in [-0.2, -0.15) is 0 Å². The van der Waals surface area contributed by atoms with E-state index in [1.807, 2.05) is 29.0 Å². The number of nitrogens with zero attached hydrogens (tertiary/aromatic N) is 2. The maximum absolute atomic E-state index is 13.3. The van der Waals surface area contributed by atoms with Crippen molar-refractivity contribution < 1.29 is 9.18 Å². The molecule has 3 heterocycles. The first kappa shape index (κ1) is 18.1. The van der Waals surface area contributed by atoms with Crippen LogP contribution in [0, 0.1) is 5.82 Å². The van der Waals surface area contributed by atoms with Crippen molar-refractivity contribution in [1.82, 2.24) is 15.3 Å². The van der Waals surface area contributed by atoms with E-state index in [-0.39, 0.29) is 23.5 Å². The van der Waals surface area contributed by atoms with Gasteiger partial charge in [0.25, 0.3) is 0 Å². The molecule has 3 aromatic heterocycles. The van der Waals surface area contributed by atoms with Crippen molar-refractivity contribution in [2.45, 2.75) is 11.1 Å². The summed E-state index contributed by atoms with van der Waals surface area (Å²) in [6.07, 6.45) is 1.52. The van der Waals surface area contributed by atoms with Crippen molar-refractivity contribution in [2.75, 3.05) is 5.75 Å². The predicted molar refractivity (Wildman–Crippen MR) is 109 cm³/mol. The Bertz CT molecular complexity index is 1050. The molecule has 136 valence electrons. The number of carbonyl (C=O) groups excluding carboxylic acids is 1. The molecule has 0 unspecified atom stereocenters. The maximum Gasteiger partial charge on any atom is 0.231 e. The number of rotatable bonds is 6. The molecular formula is C19H14FN3OS3. The Morgan fingerprint density at radius 2 is 1.96 bits per heavy atom. The summed E-state index contributed by atoms with van der Waals surface area (Å²) in [4.78, 5) is 23.0. The summed E-state index contributed by atoms with van der Waals surface area (Å²) in [5.74, 6) is -0.163. The molecular weight excluding hydrogens is 401 g/mol. The van der Waals surface area contributed by atoms with Gasteiger partial charge < -0.3 is 5.32 Å². The second-order valence-corrected chi connectivity index (χ2v) is 8.51. The number of fused-ring (bicyclic) bond motifs is 1. The Morgan fingerprint density at radius 1 is 1.11 bits per heavy atom. The smallest absolute Gasteiger partial charge is 0.231 e. The molecule has 4 rings (SSSR count). The number of hydrogen-bond acceptors (Lipinski definition) is 6. The van der Waals surface area contributed by atoms with Crippen LogP contribution in [0.1, 0.15) is 16.5 Å². The fourth-order valence-electron chi connectivity index (χ4n) is 2.65. The van der Waals surface area contributed by atoms with Crippen LogP contribution in [0.15, 0.2) is 64.6 Å². The first-order valence-corrected chi connectivity index (χ1v) is 10.8. The number of thioether (sulfide) groups is 1. The molecule has 1 N–H and O–H groups in total. The molecule has 0 saturated carbocycles. The Kier molecular flexibility index (Phi) is 5.47. The van der Waals surface area contributed by atoms with Gasteiger partial charge >= 0.3 is 0 Å². The van der Waals surface area contributed by atoms with E-state index in [0.717, 1.165) is 25.7 Å². The summed E-state index contributed by atoms with van der Waals surface area (Å²) in [5, 5.41) is 8.74. The van der Waals surface area contributed by atoms with Crippen LogP contribution >= 0.6 is 34.4 Å². The van der Waals surface area contributed by atoms with Crippen LogP contribution in [0.2, 0.25) is 0 Å². The van der Waals surface area contributed by atoms with Crippen LogP contribution in [0.4, 0.5) is 4.39 Å². The van der Waals surface area contributed by atoms with Crippen LogP contribution in [0.25, 0.3) is 10.2 Å². The fourth-order valence-corrected chi connectivity index (χ4v) is 5.04. The molecule has 0 saturated heterocycles. The minimum absolute atomic E-state index is 0.107. The molecule has 1 atom stereocenters. The van der Waals surface area contributed by atoms with E-state index in [4.69, 9.17) is 0 Å². The molecule has 0 fully saturated rings. The molecule has 4 aromatic rings. The van der Waals surface area contributed by atoms with E-state index < -0.39 is 0 Å². The van der Waals surface area contributed by atoms with Gasteiger partial charge in [-0.3, -0.25) is 4.79 Å². The molecule has 1 aromatic carbocycles. The minimum Gasteiger partial charge on any atom is -0.344 e. The Morgan fingerprint density at radius 3 is 2.74 bits per heavy atom. The molecule has 0 aliphatic heterocycles. The number of thiophene rings is 2. The lowest BCUT2D eigenvalue weighted by Gasteiger charge is -2.18. The van der Waals surface area contributed by atoms with Gasteiger partial charge in [0.15, 0.2) is 0 Å². The number of benzene rings is 1. The number of nitrogens with one attached hydrogen (secondary N) is 1. The van der Waals surface area contributed by atoms with Crippen LogP contribution in [0.5, 0.6) is 0 Å². The molecule has 0 radical (unpaired) electrons. The van der Waals surface area contributed by atoms with Gasteiger partial charge in [0.05, 0.1) is 11.8 Å². The third-order valence-electron chi connectivity index (χ3n) is 3.90. The van der Waals surface area contributed by atoms with Crippen LogP contribution in [-0.4, -0.2) is 21.6 Å². The van der Waals surface area contributed by atoms with Gasteiger partial charge in [-0.1, -0.05) is 30.0 Å². The first-order valence-electron chi connectivity index (χ1n) is 8.10. The topological polar surface area (TPSA) is 54.9 Å². The summed E-state index contributed by atoms with van der Waals surface area (Å²) < 4.78 is 13.3. The van der Waals surface area contributed by atoms with Crippen LogP contribution < -0.4 is 5.32 Å². The lowest BCUT2D eigenvalue weighted by atomic mass is 10.1. The van der Waals surface area contributed by atoms with Gasteiger partial charge in [0, 0.05) is 10.3 Å². The molecule has 0 spiro atoms. The minimum atomic E-state index is -0.301. The highest BCUT2D eigenvalue weighted by Crippen LogP contribution is 2.29. The zero-order valence-electron chi connectivity index (χ0n) is 14.0. The number of halogens is 1. The summed E-state index contributed by atoms with van der Waals surface area (Å²) in [7, 11) is 0. The zero-order valence-corrected chi connectivity index (χ0v) is 16.4. The predicted octanol–water partition coefficient (Wildman–Crippen LogP) is 4.89. The molecule has 1 amide bonds. The Hall–Kier alpha value is -2.29. The van der Waals surface area contributed by atoms with Crippen molar-refractivity contribution in [3.63, 3.8) is 0 Å². The second-order valence-electron chi connectivity index (χ2n) is 5.67. The number of hydrogen-bond donors (Lipinski definition) is 1. The zero-order chi connectivity index (χ0) is 18.6. The molecule has 0 aliphatic carbocycles. The normalized spacial score (nSPS) is 12.2. The van der Waals surface area contributed by atoms with E-state index in [0.29, 0.717) is 0 Å². The quantitative estimate of drug-likeness (QED) is 0.360. The third-order valence-corrected chi connectivity index (χ3v) is 6.66. The van der Waals surface area contributed by atoms with Crippen molar-refractivity contribution in [3.05, 3.63) is 75.8 Å². The fraction of sp³-hybridized carbons (Fsp3) is 0.105. The summed E-state index contributed by atoms with van der Waals surface area (Å²) in [6, 6.07) is 11.8. The van der Waals surface area contributed by atoms with Gasteiger partial charge in [-0.25, -0.2) is 14.4 Å². The molecule has 8 heteroatoms. The first-order chi connectivity index (χ1) is 13.2. The monoisotopic (exact) mass is 415 g/mol. The van der Waals surface area contributed by atoms with E-state index in [1.165, 1.54) is 30.2 Å². The highest BCUT2D eigenvalue weighted by atomic mass is 32.2. The Labute approximate surface area is 167 Å². The van der Waals surface area contributed by atoms with Crippen LogP contribution in [0.3, 0.4) is 0 Å². The van der Waals surface area contributed by atoms with Gasteiger partial charge in [0.2, 0.25) is 5.91 Å². The van der Waals surface area contributed by atoms with Crippen molar-refractivity contribution in [2.24, 2.45) is 0 Å². The largest absolute Gasteiger partial charge is 0.344 e. The highest BCUT2D eigenvalue weighted by Gasteiger charge is 2.18. The van der Waals surface area contributed by atoms with Gasteiger partial charge in [-0.05, 0) is 40.6 Å². The van der Waals surface area contributed by atoms with E-state index in [1.54, 1.807) is 34.8 Å². The molecule has 0 bridgehead atoms. The molecule has 27 heavy (non-hydrogen) atoms. The summed E-state index contributed by atoms with van der Waals surface area (Å²) in [6.45, 7) is 0. The number of aromatic nitrogens is 2. The van der Waals surface area contributed by atoms with E-state index >= 15 is 0 Å². The van der Waals surface area contributed by atoms with Crippen LogP contribution in [-0.2, 0) is 4.79 Å². The van der Waals surface area contributed by atoms with E-state index in [2.05, 4.69) is 15.3 Å². The van der Waals surface area contributed by atoms with Crippen molar-refractivity contribution in [1.29, 1.82) is 0 Å². The van der Waals surface area contributed by atoms with Gasteiger partial charge in [-0.15, -0.1) is 22.7 Å². The Balaban J connectivity index is 1.48. The average Bonchev–Trinajstić information content (AvgIpc) is 3.37. The van der Waals surface area contributed by atoms with Gasteiger partial charge in [0.1, 0.15) is 22.0 Å². The summed E-state index contributed by atoms with van der Waals surface area (Å²) >= 11 is 4.49. The second kappa shape index (κ2) is 8.16. The van der Waals surface area contributed by atoms with E-state index in [9.17, 15) is 9.18 Å². The number of carbonyl (C=O) groups is 1. The van der Waals surface area contributed by atoms with Crippen molar-refractivity contribution >= 4 is 50.6 Å². The lowest BCUT2D eigenvalue weighted by Crippen LogP contribution is -2.30.